The number of hydrogen-bond donors (Lipinski definition) is 1. The van der Waals surface area contributed by atoms with E-state index in [-0.39, 0.29) is 12.0 Å². The molecule has 1 aromatic heterocycles. The molecule has 4 nitrogen and oxygen atoms in total. The first kappa shape index (κ1) is 12.9. The molecule has 0 bridgehead atoms. The van der Waals surface area contributed by atoms with E-state index in [0.717, 1.165) is 5.69 Å². The Morgan fingerprint density at radius 3 is 2.56 bits per heavy atom. The Morgan fingerprint density at radius 1 is 1.31 bits per heavy atom. The highest BCUT2D eigenvalue weighted by Crippen LogP contribution is 2.18. The molecular formula is C12H20N2O2. The lowest BCUT2D eigenvalue weighted by Crippen LogP contribution is -2.25. The largest absolute Gasteiger partial charge is 0.481 e. The van der Waals surface area contributed by atoms with Gasteiger partial charge in [0.15, 0.2) is 0 Å². The third-order valence-corrected chi connectivity index (χ3v) is 2.98. The number of aliphatic hydroxyl groups excluding tert-OH is 1. The van der Waals surface area contributed by atoms with Crippen molar-refractivity contribution in [3.63, 3.8) is 0 Å². The maximum absolute atomic E-state index is 10.0. The Balaban J connectivity index is 2.65. The van der Waals surface area contributed by atoms with Crippen LogP contribution in [0.15, 0.2) is 12.4 Å². The summed E-state index contributed by atoms with van der Waals surface area (Å²) >= 11 is 0. The van der Waals surface area contributed by atoms with Gasteiger partial charge in [-0.2, -0.15) is 0 Å². The molecule has 0 radical (unpaired) electrons. The minimum absolute atomic E-state index is 0.251. The highest BCUT2D eigenvalue weighted by Gasteiger charge is 2.18. The van der Waals surface area contributed by atoms with Crippen molar-refractivity contribution in [2.75, 3.05) is 7.11 Å². The molecular weight excluding hydrogens is 204 g/mol. The van der Waals surface area contributed by atoms with Crippen LogP contribution in [0.5, 0.6) is 5.88 Å². The molecule has 1 N–H and O–H groups in total. The summed E-state index contributed by atoms with van der Waals surface area (Å²) in [5.41, 5.74) is 0.812. The molecule has 16 heavy (non-hydrogen) atoms. The molecule has 2 unspecified atom stereocenters. The lowest BCUT2D eigenvalue weighted by atomic mass is 9.90. The zero-order valence-electron chi connectivity index (χ0n) is 10.3. The summed E-state index contributed by atoms with van der Waals surface area (Å²) in [7, 11) is 1.57. The van der Waals surface area contributed by atoms with Crippen molar-refractivity contribution in [2.24, 2.45) is 11.8 Å². The second kappa shape index (κ2) is 5.80. The van der Waals surface area contributed by atoms with Gasteiger partial charge in [0, 0.05) is 12.5 Å². The maximum Gasteiger partial charge on any atom is 0.216 e. The van der Waals surface area contributed by atoms with E-state index in [9.17, 15) is 5.11 Å². The number of aromatic nitrogens is 2. The van der Waals surface area contributed by atoms with Crippen molar-refractivity contribution in [1.82, 2.24) is 9.97 Å². The zero-order valence-corrected chi connectivity index (χ0v) is 10.3. The third kappa shape index (κ3) is 3.45. The fourth-order valence-electron chi connectivity index (χ4n) is 1.44. The van der Waals surface area contributed by atoms with Gasteiger partial charge in [0.25, 0.3) is 0 Å². The van der Waals surface area contributed by atoms with Crippen molar-refractivity contribution in [1.29, 1.82) is 0 Å². The van der Waals surface area contributed by atoms with E-state index in [1.165, 1.54) is 6.33 Å². The van der Waals surface area contributed by atoms with Crippen LogP contribution in [0.2, 0.25) is 0 Å². The van der Waals surface area contributed by atoms with Gasteiger partial charge in [0.05, 0.1) is 18.9 Å². The Morgan fingerprint density at radius 2 is 2.00 bits per heavy atom. The molecule has 0 aliphatic heterocycles. The van der Waals surface area contributed by atoms with Crippen molar-refractivity contribution >= 4 is 0 Å². The van der Waals surface area contributed by atoms with Crippen LogP contribution in [-0.2, 0) is 6.42 Å². The number of methoxy groups -OCH3 is 1. The first-order valence-corrected chi connectivity index (χ1v) is 5.57. The molecule has 2 atom stereocenters. The molecule has 1 heterocycles. The summed E-state index contributed by atoms with van der Waals surface area (Å²) < 4.78 is 5.01. The van der Waals surface area contributed by atoms with E-state index >= 15 is 0 Å². The molecule has 4 heteroatoms. The first-order valence-electron chi connectivity index (χ1n) is 5.57. The van der Waals surface area contributed by atoms with Gasteiger partial charge in [-0.1, -0.05) is 20.8 Å². The smallest absolute Gasteiger partial charge is 0.216 e. The predicted octanol–water partition coefficient (Wildman–Crippen LogP) is 1.68. The topological polar surface area (TPSA) is 55.2 Å². The predicted molar refractivity (Wildman–Crippen MR) is 62.3 cm³/mol. The molecule has 1 rings (SSSR count). The SMILES string of the molecule is COc1cc(CC(O)C(C)C(C)C)ncn1. The van der Waals surface area contributed by atoms with Crippen LogP contribution < -0.4 is 4.74 Å². The average molecular weight is 224 g/mol. The maximum atomic E-state index is 10.0. The van der Waals surface area contributed by atoms with Gasteiger partial charge in [-0.05, 0) is 11.8 Å². The van der Waals surface area contributed by atoms with Gasteiger partial charge in [0.2, 0.25) is 5.88 Å². The van der Waals surface area contributed by atoms with E-state index in [0.29, 0.717) is 18.2 Å². The standard InChI is InChI=1S/C12H20N2O2/c1-8(2)9(3)11(15)5-10-6-12(16-4)14-7-13-10/h6-9,11,15H,5H2,1-4H3. The number of nitrogens with zero attached hydrogens (tertiary/aromatic N) is 2. The number of rotatable bonds is 5. The van der Waals surface area contributed by atoms with Crippen molar-refractivity contribution in [3.8, 4) is 5.88 Å². The zero-order chi connectivity index (χ0) is 12.1. The molecule has 90 valence electrons. The second-order valence-electron chi connectivity index (χ2n) is 4.43. The molecule has 1 aromatic rings. The Hall–Kier alpha value is -1.16. The van der Waals surface area contributed by atoms with E-state index in [4.69, 9.17) is 4.74 Å². The number of hydrogen-bond acceptors (Lipinski definition) is 4. The molecule has 0 aliphatic rings. The lowest BCUT2D eigenvalue weighted by molar-refractivity contribution is 0.0912. The minimum atomic E-state index is -0.375. The number of aliphatic hydroxyl groups is 1. The Labute approximate surface area is 96.7 Å². The van der Waals surface area contributed by atoms with Gasteiger partial charge in [0.1, 0.15) is 6.33 Å². The molecule has 0 aliphatic carbocycles. The summed E-state index contributed by atoms with van der Waals surface area (Å²) in [6, 6.07) is 1.76. The molecule has 0 fully saturated rings. The van der Waals surface area contributed by atoms with Crippen LogP contribution in [0.1, 0.15) is 26.5 Å². The molecule has 0 amide bonds. The van der Waals surface area contributed by atoms with Crippen LogP contribution >= 0.6 is 0 Å². The fraction of sp³-hybridized carbons (Fsp3) is 0.667. The quantitative estimate of drug-likeness (QED) is 0.826. The molecule has 0 aromatic carbocycles. The monoisotopic (exact) mass is 224 g/mol. The first-order chi connectivity index (χ1) is 7.54. The third-order valence-electron chi connectivity index (χ3n) is 2.98. The summed E-state index contributed by atoms with van der Waals surface area (Å²) in [6.07, 6.45) is 1.62. The van der Waals surface area contributed by atoms with Crippen LogP contribution in [0.25, 0.3) is 0 Å². The van der Waals surface area contributed by atoms with E-state index in [2.05, 4.69) is 23.8 Å². The Bertz CT molecular complexity index is 329. The van der Waals surface area contributed by atoms with Crippen LogP contribution in [0.4, 0.5) is 0 Å². The number of ether oxygens (including phenoxy) is 1. The normalized spacial score (nSPS) is 14.9. The van der Waals surface area contributed by atoms with Gasteiger partial charge >= 0.3 is 0 Å². The molecule has 0 spiro atoms. The summed E-state index contributed by atoms with van der Waals surface area (Å²) in [5.74, 6) is 1.24. The average Bonchev–Trinajstić information content (AvgIpc) is 2.28. The van der Waals surface area contributed by atoms with Crippen molar-refractivity contribution in [2.45, 2.75) is 33.3 Å². The van der Waals surface area contributed by atoms with Crippen LogP contribution in [-0.4, -0.2) is 28.3 Å². The summed E-state index contributed by atoms with van der Waals surface area (Å²) in [4.78, 5) is 8.05. The van der Waals surface area contributed by atoms with Gasteiger partial charge < -0.3 is 9.84 Å². The summed E-state index contributed by atoms with van der Waals surface area (Å²) in [5, 5.41) is 10.0. The highest BCUT2D eigenvalue weighted by atomic mass is 16.5. The second-order valence-corrected chi connectivity index (χ2v) is 4.43. The Kier molecular flexibility index (Phi) is 4.68. The highest BCUT2D eigenvalue weighted by molar-refractivity contribution is 5.14. The van der Waals surface area contributed by atoms with Crippen LogP contribution in [0, 0.1) is 11.8 Å². The van der Waals surface area contributed by atoms with E-state index in [1.807, 2.05) is 6.92 Å². The lowest BCUT2D eigenvalue weighted by Gasteiger charge is -2.21. The summed E-state index contributed by atoms with van der Waals surface area (Å²) in [6.45, 7) is 6.26. The van der Waals surface area contributed by atoms with Gasteiger partial charge in [-0.15, -0.1) is 0 Å². The minimum Gasteiger partial charge on any atom is -0.481 e. The van der Waals surface area contributed by atoms with Crippen LogP contribution in [0.3, 0.4) is 0 Å². The fourth-order valence-corrected chi connectivity index (χ4v) is 1.44. The molecule has 0 saturated heterocycles. The van der Waals surface area contributed by atoms with Crippen molar-refractivity contribution < 1.29 is 9.84 Å². The van der Waals surface area contributed by atoms with E-state index in [1.54, 1.807) is 13.2 Å². The van der Waals surface area contributed by atoms with E-state index < -0.39 is 0 Å². The molecule has 0 saturated carbocycles. The van der Waals surface area contributed by atoms with Gasteiger partial charge in [-0.3, -0.25) is 0 Å². The van der Waals surface area contributed by atoms with Crippen molar-refractivity contribution in [3.05, 3.63) is 18.1 Å². The van der Waals surface area contributed by atoms with Gasteiger partial charge in [-0.25, -0.2) is 9.97 Å².